The van der Waals surface area contributed by atoms with Gasteiger partial charge in [-0.1, -0.05) is 12.1 Å². The highest BCUT2D eigenvalue weighted by Crippen LogP contribution is 2.33. The number of ether oxygens (including phenoxy) is 1. The second-order valence-corrected chi connectivity index (χ2v) is 2.89. The van der Waals surface area contributed by atoms with Gasteiger partial charge in [0.05, 0.1) is 0 Å². The molecule has 0 aliphatic heterocycles. The Morgan fingerprint density at radius 3 is 1.94 bits per heavy atom. The Kier molecular flexibility index (Phi) is 3.69. The molecule has 0 spiro atoms. The van der Waals surface area contributed by atoms with E-state index in [1.165, 1.54) is 0 Å². The fourth-order valence-electron chi connectivity index (χ4n) is 1.02. The molecule has 0 saturated heterocycles. The van der Waals surface area contributed by atoms with Crippen LogP contribution in [0.3, 0.4) is 0 Å². The number of hydrogen-bond donors (Lipinski definition) is 1. The first kappa shape index (κ1) is 12.7. The van der Waals surface area contributed by atoms with Gasteiger partial charge in [-0.3, -0.25) is 0 Å². The zero-order valence-corrected chi connectivity index (χ0v) is 7.71. The summed E-state index contributed by atoms with van der Waals surface area (Å²) < 4.78 is 63.5. The van der Waals surface area contributed by atoms with Gasteiger partial charge in [0.25, 0.3) is 0 Å². The van der Waals surface area contributed by atoms with Crippen LogP contribution in [0.1, 0.15) is 11.7 Å². The molecule has 0 amide bonds. The standard InChI is InChI=1S/C9H7F5O2/c10-8(11)16-6-3-1-5(2-4-6)7(15)9(12,13)14/h1-4,7-8,15H/t7-/m0/s1. The molecule has 1 rings (SSSR count). The molecule has 0 aliphatic rings. The molecular weight excluding hydrogens is 235 g/mol. The van der Waals surface area contributed by atoms with E-state index in [9.17, 15) is 22.0 Å². The Morgan fingerprint density at radius 2 is 1.56 bits per heavy atom. The number of hydrogen-bond acceptors (Lipinski definition) is 2. The van der Waals surface area contributed by atoms with E-state index in [0.29, 0.717) is 0 Å². The van der Waals surface area contributed by atoms with Crippen LogP contribution >= 0.6 is 0 Å². The summed E-state index contributed by atoms with van der Waals surface area (Å²) in [5.74, 6) is -0.270. The van der Waals surface area contributed by atoms with Crippen molar-refractivity contribution < 1.29 is 31.8 Å². The van der Waals surface area contributed by atoms with E-state index in [2.05, 4.69) is 4.74 Å². The molecule has 1 atom stereocenters. The first-order valence-electron chi connectivity index (χ1n) is 4.10. The molecule has 1 N–H and O–H groups in total. The van der Waals surface area contributed by atoms with Crippen molar-refractivity contribution >= 4 is 0 Å². The maximum Gasteiger partial charge on any atom is 0.418 e. The number of rotatable bonds is 3. The molecule has 16 heavy (non-hydrogen) atoms. The number of halogens is 5. The van der Waals surface area contributed by atoms with Crippen molar-refractivity contribution in [1.29, 1.82) is 0 Å². The second-order valence-electron chi connectivity index (χ2n) is 2.89. The van der Waals surface area contributed by atoms with Gasteiger partial charge in [0, 0.05) is 0 Å². The van der Waals surface area contributed by atoms with Crippen molar-refractivity contribution in [2.75, 3.05) is 0 Å². The van der Waals surface area contributed by atoms with E-state index in [0.717, 1.165) is 24.3 Å². The Bertz CT molecular complexity index is 333. The van der Waals surface area contributed by atoms with Crippen LogP contribution in [0.4, 0.5) is 22.0 Å². The van der Waals surface area contributed by atoms with Gasteiger partial charge in [-0.2, -0.15) is 22.0 Å². The molecule has 0 bridgehead atoms. The van der Waals surface area contributed by atoms with Crippen LogP contribution in [-0.2, 0) is 0 Å². The lowest BCUT2D eigenvalue weighted by molar-refractivity contribution is -0.206. The fourth-order valence-corrected chi connectivity index (χ4v) is 1.02. The van der Waals surface area contributed by atoms with E-state index in [1.54, 1.807) is 0 Å². The van der Waals surface area contributed by atoms with Crippen LogP contribution in [0.15, 0.2) is 24.3 Å². The third-order valence-corrected chi connectivity index (χ3v) is 1.73. The minimum Gasteiger partial charge on any atom is -0.435 e. The Hall–Kier alpha value is -1.37. The van der Waals surface area contributed by atoms with Gasteiger partial charge in [0.1, 0.15) is 5.75 Å². The summed E-state index contributed by atoms with van der Waals surface area (Å²) in [4.78, 5) is 0. The third-order valence-electron chi connectivity index (χ3n) is 1.73. The fraction of sp³-hybridized carbons (Fsp3) is 0.333. The van der Waals surface area contributed by atoms with E-state index in [-0.39, 0.29) is 5.75 Å². The van der Waals surface area contributed by atoms with Crippen LogP contribution in [-0.4, -0.2) is 17.9 Å². The Morgan fingerprint density at radius 1 is 1.06 bits per heavy atom. The summed E-state index contributed by atoms with van der Waals surface area (Å²) in [5, 5.41) is 8.82. The summed E-state index contributed by atoms with van der Waals surface area (Å²) in [6, 6.07) is 3.60. The van der Waals surface area contributed by atoms with Crippen molar-refractivity contribution in [1.82, 2.24) is 0 Å². The van der Waals surface area contributed by atoms with Gasteiger partial charge < -0.3 is 9.84 Å². The van der Waals surface area contributed by atoms with Crippen LogP contribution < -0.4 is 4.74 Å². The number of aliphatic hydroxyl groups is 1. The SMILES string of the molecule is O[C@@H](c1ccc(OC(F)F)cc1)C(F)(F)F. The zero-order valence-electron chi connectivity index (χ0n) is 7.71. The number of benzene rings is 1. The van der Waals surface area contributed by atoms with E-state index < -0.39 is 24.5 Å². The summed E-state index contributed by atoms with van der Waals surface area (Å²) >= 11 is 0. The Balaban J connectivity index is 2.79. The van der Waals surface area contributed by atoms with Gasteiger partial charge in [-0.15, -0.1) is 0 Å². The molecule has 7 heteroatoms. The summed E-state index contributed by atoms with van der Waals surface area (Å²) in [7, 11) is 0. The lowest BCUT2D eigenvalue weighted by atomic mass is 10.1. The van der Waals surface area contributed by atoms with Crippen molar-refractivity contribution in [2.45, 2.75) is 18.9 Å². The first-order chi connectivity index (χ1) is 7.30. The average Bonchev–Trinajstić information content (AvgIpc) is 2.15. The molecule has 0 aromatic heterocycles. The van der Waals surface area contributed by atoms with Gasteiger partial charge in [0.15, 0.2) is 6.10 Å². The normalized spacial score (nSPS) is 13.9. The molecule has 2 nitrogen and oxygen atoms in total. The maximum atomic E-state index is 12.0. The van der Waals surface area contributed by atoms with Crippen LogP contribution in [0, 0.1) is 0 Å². The third kappa shape index (κ3) is 3.34. The van der Waals surface area contributed by atoms with Gasteiger partial charge in [0.2, 0.25) is 0 Å². The molecular formula is C9H7F5O2. The lowest BCUT2D eigenvalue weighted by Gasteiger charge is -2.15. The average molecular weight is 242 g/mol. The molecule has 90 valence electrons. The second kappa shape index (κ2) is 4.65. The molecule has 0 saturated carbocycles. The molecule has 0 fully saturated rings. The van der Waals surface area contributed by atoms with E-state index in [1.807, 2.05) is 0 Å². The van der Waals surface area contributed by atoms with Crippen molar-refractivity contribution in [2.24, 2.45) is 0 Å². The molecule has 1 aromatic carbocycles. The summed E-state index contributed by atoms with van der Waals surface area (Å²) in [6.07, 6.45) is -7.42. The van der Waals surface area contributed by atoms with Crippen LogP contribution in [0.25, 0.3) is 0 Å². The lowest BCUT2D eigenvalue weighted by Crippen LogP contribution is -2.20. The molecule has 1 aromatic rings. The molecule has 0 aliphatic carbocycles. The highest BCUT2D eigenvalue weighted by molar-refractivity contribution is 5.29. The van der Waals surface area contributed by atoms with Gasteiger partial charge >= 0.3 is 12.8 Å². The highest BCUT2D eigenvalue weighted by atomic mass is 19.4. The van der Waals surface area contributed by atoms with Crippen LogP contribution in [0.2, 0.25) is 0 Å². The maximum absolute atomic E-state index is 12.0. The summed E-state index contributed by atoms with van der Waals surface area (Å²) in [5.41, 5.74) is -0.436. The predicted molar refractivity (Wildman–Crippen MR) is 44.1 cm³/mol. The number of alkyl halides is 5. The van der Waals surface area contributed by atoms with E-state index in [4.69, 9.17) is 5.11 Å². The molecule has 0 heterocycles. The van der Waals surface area contributed by atoms with E-state index >= 15 is 0 Å². The topological polar surface area (TPSA) is 29.5 Å². The van der Waals surface area contributed by atoms with Crippen molar-refractivity contribution in [3.8, 4) is 5.75 Å². The van der Waals surface area contributed by atoms with Crippen molar-refractivity contribution in [3.63, 3.8) is 0 Å². The quantitative estimate of drug-likeness (QED) is 0.826. The van der Waals surface area contributed by atoms with Gasteiger partial charge in [-0.25, -0.2) is 0 Å². The predicted octanol–water partition coefficient (Wildman–Crippen LogP) is 2.88. The highest BCUT2D eigenvalue weighted by Gasteiger charge is 2.39. The van der Waals surface area contributed by atoms with Gasteiger partial charge in [-0.05, 0) is 17.7 Å². The number of aliphatic hydroxyl groups excluding tert-OH is 1. The minimum absolute atomic E-state index is 0.270. The monoisotopic (exact) mass is 242 g/mol. The van der Waals surface area contributed by atoms with Crippen LogP contribution in [0.5, 0.6) is 5.75 Å². The van der Waals surface area contributed by atoms with Crippen molar-refractivity contribution in [3.05, 3.63) is 29.8 Å². The minimum atomic E-state index is -4.79. The first-order valence-corrected chi connectivity index (χ1v) is 4.10. The smallest absolute Gasteiger partial charge is 0.418 e. The largest absolute Gasteiger partial charge is 0.435 e. The summed E-state index contributed by atoms with van der Waals surface area (Å²) in [6.45, 7) is -3.04. The Labute approximate surface area is 87.3 Å². The molecule has 0 unspecified atom stereocenters. The zero-order chi connectivity index (χ0) is 12.3. The molecule has 0 radical (unpaired) electrons.